The van der Waals surface area contributed by atoms with Gasteiger partial charge >= 0.3 is 0 Å². The highest BCUT2D eigenvalue weighted by Crippen LogP contribution is 2.31. The second-order valence-electron chi connectivity index (χ2n) is 7.89. The molecule has 0 unspecified atom stereocenters. The highest BCUT2D eigenvalue weighted by atomic mass is 15.2. The molecule has 0 saturated carbocycles. The Morgan fingerprint density at radius 1 is 0.531 bits per heavy atom. The van der Waals surface area contributed by atoms with Crippen molar-refractivity contribution in [2.75, 3.05) is 0 Å². The molecule has 0 aliphatic carbocycles. The average molecular weight is 410 g/mol. The topological polar surface area (TPSA) is 43.6 Å². The summed E-state index contributed by atoms with van der Waals surface area (Å²) in [7, 11) is 2.12. The summed E-state index contributed by atoms with van der Waals surface area (Å²) in [5, 5.41) is 2.39. The Morgan fingerprint density at radius 2 is 1.09 bits per heavy atom. The first kappa shape index (κ1) is 18.5. The van der Waals surface area contributed by atoms with Gasteiger partial charge in [0.05, 0.1) is 11.0 Å². The SMILES string of the molecule is Bc1ccc2c(c1)c1ccccc1n2-c1nc(-c2ccccc2)nc(-c2ccccc2)n1. The van der Waals surface area contributed by atoms with E-state index < -0.39 is 0 Å². The maximum atomic E-state index is 4.94. The number of rotatable bonds is 3. The molecule has 0 atom stereocenters. The summed E-state index contributed by atoms with van der Waals surface area (Å²) in [5.74, 6) is 1.94. The molecule has 150 valence electrons. The van der Waals surface area contributed by atoms with E-state index in [1.54, 1.807) is 0 Å². The van der Waals surface area contributed by atoms with Crippen LogP contribution in [0.1, 0.15) is 0 Å². The lowest BCUT2D eigenvalue weighted by molar-refractivity contribution is 0.953. The zero-order valence-electron chi connectivity index (χ0n) is 17.6. The smallest absolute Gasteiger partial charge is 0.238 e. The van der Waals surface area contributed by atoms with E-state index >= 15 is 0 Å². The van der Waals surface area contributed by atoms with E-state index in [-0.39, 0.29) is 0 Å². The lowest BCUT2D eigenvalue weighted by Gasteiger charge is -2.10. The number of aromatic nitrogens is 4. The van der Waals surface area contributed by atoms with Crippen LogP contribution in [0.4, 0.5) is 0 Å². The van der Waals surface area contributed by atoms with E-state index in [1.165, 1.54) is 16.2 Å². The molecule has 0 aliphatic rings. The van der Waals surface area contributed by atoms with Crippen LogP contribution >= 0.6 is 0 Å². The molecular formula is C27H19BN4. The Labute approximate surface area is 186 Å². The van der Waals surface area contributed by atoms with Crippen molar-refractivity contribution in [1.82, 2.24) is 19.5 Å². The third-order valence-electron chi connectivity index (χ3n) is 5.72. The van der Waals surface area contributed by atoms with E-state index in [2.05, 4.69) is 54.9 Å². The summed E-state index contributed by atoms with van der Waals surface area (Å²) >= 11 is 0. The maximum absolute atomic E-state index is 4.94. The van der Waals surface area contributed by atoms with Gasteiger partial charge in [-0.1, -0.05) is 96.5 Å². The molecule has 0 aliphatic heterocycles. The number of para-hydroxylation sites is 1. The van der Waals surface area contributed by atoms with Crippen molar-refractivity contribution in [1.29, 1.82) is 0 Å². The Hall–Kier alpha value is -4.25. The third kappa shape index (κ3) is 3.07. The molecular weight excluding hydrogens is 391 g/mol. The standard InChI is InChI=1S/C27H19BN4/c28-20-15-16-24-22(17-20)21-13-7-8-14-23(21)32(24)27-30-25(18-9-3-1-4-10-18)29-26(31-27)19-11-5-2-6-12-19/h1-17H,28H2. The molecule has 0 N–H and O–H groups in total. The molecule has 0 radical (unpaired) electrons. The van der Waals surface area contributed by atoms with Gasteiger partial charge < -0.3 is 0 Å². The summed E-state index contributed by atoms with van der Waals surface area (Å²) in [6.45, 7) is 0. The van der Waals surface area contributed by atoms with Gasteiger partial charge in [-0.3, -0.25) is 4.57 Å². The van der Waals surface area contributed by atoms with Crippen molar-refractivity contribution in [3.8, 4) is 28.7 Å². The second-order valence-corrected chi connectivity index (χ2v) is 7.89. The predicted octanol–water partition coefficient (Wildman–Crippen LogP) is 4.56. The van der Waals surface area contributed by atoms with Gasteiger partial charge in [0.25, 0.3) is 0 Å². The molecule has 0 saturated heterocycles. The van der Waals surface area contributed by atoms with Gasteiger partial charge in [0.1, 0.15) is 7.85 Å². The Morgan fingerprint density at radius 3 is 1.75 bits per heavy atom. The highest BCUT2D eigenvalue weighted by Gasteiger charge is 2.17. The molecule has 2 aromatic heterocycles. The fourth-order valence-electron chi connectivity index (χ4n) is 4.20. The van der Waals surface area contributed by atoms with Gasteiger partial charge in [0, 0.05) is 21.9 Å². The van der Waals surface area contributed by atoms with Crippen LogP contribution in [-0.4, -0.2) is 27.4 Å². The minimum absolute atomic E-state index is 0.618. The summed E-state index contributed by atoms with van der Waals surface area (Å²) in [5.41, 5.74) is 5.32. The fraction of sp³-hybridized carbons (Fsp3) is 0. The molecule has 4 aromatic carbocycles. The van der Waals surface area contributed by atoms with E-state index in [1.807, 2.05) is 60.7 Å². The van der Waals surface area contributed by atoms with Gasteiger partial charge in [-0.15, -0.1) is 0 Å². The van der Waals surface area contributed by atoms with Gasteiger partial charge in [-0.2, -0.15) is 9.97 Å². The van der Waals surface area contributed by atoms with E-state index in [0.717, 1.165) is 22.2 Å². The monoisotopic (exact) mass is 410 g/mol. The first-order chi connectivity index (χ1) is 15.8. The van der Waals surface area contributed by atoms with Gasteiger partial charge in [-0.25, -0.2) is 4.98 Å². The van der Waals surface area contributed by atoms with Crippen molar-refractivity contribution < 1.29 is 0 Å². The number of nitrogens with zero attached hydrogens (tertiary/aromatic N) is 4. The van der Waals surface area contributed by atoms with Crippen LogP contribution in [0.3, 0.4) is 0 Å². The normalized spacial score (nSPS) is 11.2. The van der Waals surface area contributed by atoms with Crippen molar-refractivity contribution in [3.63, 3.8) is 0 Å². The second kappa shape index (κ2) is 7.47. The summed E-state index contributed by atoms with van der Waals surface area (Å²) in [6, 6.07) is 35.1. The van der Waals surface area contributed by atoms with Crippen LogP contribution in [0.2, 0.25) is 0 Å². The van der Waals surface area contributed by atoms with Gasteiger partial charge in [0.15, 0.2) is 11.6 Å². The van der Waals surface area contributed by atoms with Crippen molar-refractivity contribution in [2.24, 2.45) is 0 Å². The molecule has 6 aromatic rings. The van der Waals surface area contributed by atoms with Crippen LogP contribution in [0, 0.1) is 0 Å². The Kier molecular flexibility index (Phi) is 4.32. The molecule has 2 heterocycles. The van der Waals surface area contributed by atoms with Crippen LogP contribution in [0.5, 0.6) is 0 Å². The molecule has 6 rings (SSSR count). The zero-order chi connectivity index (χ0) is 21.5. The number of benzene rings is 4. The first-order valence-corrected chi connectivity index (χ1v) is 10.6. The van der Waals surface area contributed by atoms with Gasteiger partial charge in [0.2, 0.25) is 5.95 Å². The largest absolute Gasteiger partial charge is 0.278 e. The molecule has 0 fully saturated rings. The molecule has 4 nitrogen and oxygen atoms in total. The zero-order valence-corrected chi connectivity index (χ0v) is 17.6. The molecule has 5 heteroatoms. The van der Waals surface area contributed by atoms with Gasteiger partial charge in [-0.05, 0) is 12.1 Å². The van der Waals surface area contributed by atoms with Crippen molar-refractivity contribution >= 4 is 35.1 Å². The number of fused-ring (bicyclic) bond motifs is 3. The number of hydrogen-bond donors (Lipinski definition) is 0. The third-order valence-corrected chi connectivity index (χ3v) is 5.72. The summed E-state index contributed by atoms with van der Waals surface area (Å²) in [4.78, 5) is 14.7. The van der Waals surface area contributed by atoms with Crippen LogP contribution in [-0.2, 0) is 0 Å². The van der Waals surface area contributed by atoms with Crippen LogP contribution in [0.15, 0.2) is 103 Å². The number of hydrogen-bond acceptors (Lipinski definition) is 3. The van der Waals surface area contributed by atoms with E-state index in [4.69, 9.17) is 15.0 Å². The first-order valence-electron chi connectivity index (χ1n) is 10.6. The fourth-order valence-corrected chi connectivity index (χ4v) is 4.20. The molecule has 0 spiro atoms. The maximum Gasteiger partial charge on any atom is 0.238 e. The molecule has 0 bridgehead atoms. The molecule has 32 heavy (non-hydrogen) atoms. The molecule has 0 amide bonds. The minimum Gasteiger partial charge on any atom is -0.278 e. The minimum atomic E-state index is 0.618. The lowest BCUT2D eigenvalue weighted by Crippen LogP contribution is -2.07. The predicted molar refractivity (Wildman–Crippen MR) is 133 cm³/mol. The Bertz CT molecular complexity index is 1520. The highest BCUT2D eigenvalue weighted by molar-refractivity contribution is 6.33. The lowest BCUT2D eigenvalue weighted by atomic mass is 9.94. The van der Waals surface area contributed by atoms with E-state index in [0.29, 0.717) is 17.6 Å². The van der Waals surface area contributed by atoms with Crippen LogP contribution in [0.25, 0.3) is 50.5 Å². The van der Waals surface area contributed by atoms with E-state index in [9.17, 15) is 0 Å². The van der Waals surface area contributed by atoms with Crippen LogP contribution < -0.4 is 5.46 Å². The van der Waals surface area contributed by atoms with Crippen molar-refractivity contribution in [2.45, 2.75) is 0 Å². The average Bonchev–Trinajstić information content (AvgIpc) is 3.18. The summed E-state index contributed by atoms with van der Waals surface area (Å²) < 4.78 is 2.14. The summed E-state index contributed by atoms with van der Waals surface area (Å²) in [6.07, 6.45) is 0. The van der Waals surface area contributed by atoms with Crippen molar-refractivity contribution in [3.05, 3.63) is 103 Å². The Balaban J connectivity index is 1.70. The quantitative estimate of drug-likeness (QED) is 0.402.